The summed E-state index contributed by atoms with van der Waals surface area (Å²) < 4.78 is 0. The second kappa shape index (κ2) is 5.77. The average Bonchev–Trinajstić information content (AvgIpc) is 2.85. The largest absolute Gasteiger partial charge is 0.355 e. The minimum Gasteiger partial charge on any atom is -0.355 e. The second-order valence-corrected chi connectivity index (χ2v) is 7.16. The number of likely N-dealkylation sites (N-methyl/N-ethyl adjacent to an activating group) is 1. The predicted octanol–water partition coefficient (Wildman–Crippen LogP) is 2.71. The lowest BCUT2D eigenvalue weighted by molar-refractivity contribution is -0.123. The molecule has 0 saturated carbocycles. The van der Waals surface area contributed by atoms with Crippen molar-refractivity contribution < 1.29 is 4.79 Å². The van der Waals surface area contributed by atoms with Gasteiger partial charge in [-0.15, -0.1) is 0 Å². The minimum atomic E-state index is -0.450. The van der Waals surface area contributed by atoms with Crippen LogP contribution < -0.4 is 9.80 Å². The van der Waals surface area contributed by atoms with E-state index in [2.05, 4.69) is 20.9 Å². The Morgan fingerprint density at radius 3 is 2.92 bits per heavy atom. The van der Waals surface area contributed by atoms with Crippen molar-refractivity contribution in [2.75, 3.05) is 36.2 Å². The van der Waals surface area contributed by atoms with E-state index in [4.69, 9.17) is 0 Å². The molecule has 24 heavy (non-hydrogen) atoms. The number of hydrogen-bond acceptors (Lipinski definition) is 5. The number of benzene rings is 1. The van der Waals surface area contributed by atoms with Crippen molar-refractivity contribution in [3.05, 3.63) is 42.1 Å². The van der Waals surface area contributed by atoms with Gasteiger partial charge in [-0.2, -0.15) is 0 Å². The molecule has 0 aliphatic carbocycles. The first-order chi connectivity index (χ1) is 11.7. The SMILES string of the molecule is CSc1nccc(N2CCCC3(C2)C(=O)N(C)c2ccccc23)n1. The molecule has 0 radical (unpaired) electrons. The first-order valence-electron chi connectivity index (χ1n) is 8.15. The summed E-state index contributed by atoms with van der Waals surface area (Å²) in [5, 5.41) is 0.766. The molecule has 0 bridgehead atoms. The molecule has 0 N–H and O–H groups in total. The fourth-order valence-corrected chi connectivity index (χ4v) is 4.32. The molecule has 5 nitrogen and oxygen atoms in total. The maximum Gasteiger partial charge on any atom is 0.239 e. The number of thioether (sulfide) groups is 1. The van der Waals surface area contributed by atoms with Gasteiger partial charge in [0.2, 0.25) is 5.91 Å². The van der Waals surface area contributed by atoms with E-state index < -0.39 is 5.41 Å². The molecule has 4 rings (SSSR count). The zero-order valence-electron chi connectivity index (χ0n) is 13.9. The number of nitrogens with zero attached hydrogens (tertiary/aromatic N) is 4. The molecule has 6 heteroatoms. The third-order valence-electron chi connectivity index (χ3n) is 5.11. The van der Waals surface area contributed by atoms with E-state index in [0.29, 0.717) is 6.54 Å². The summed E-state index contributed by atoms with van der Waals surface area (Å²) in [6.45, 7) is 1.60. The summed E-state index contributed by atoms with van der Waals surface area (Å²) in [6.07, 6.45) is 5.64. The highest BCUT2D eigenvalue weighted by atomic mass is 32.2. The Kier molecular flexibility index (Phi) is 3.72. The van der Waals surface area contributed by atoms with E-state index in [-0.39, 0.29) is 5.91 Å². The van der Waals surface area contributed by atoms with E-state index in [1.807, 2.05) is 42.5 Å². The van der Waals surface area contributed by atoms with Crippen molar-refractivity contribution in [2.45, 2.75) is 23.4 Å². The van der Waals surface area contributed by atoms with E-state index in [9.17, 15) is 4.79 Å². The number of anilines is 2. The molecule has 3 heterocycles. The molecular formula is C18H20N4OS. The van der Waals surface area contributed by atoms with E-state index >= 15 is 0 Å². The number of carbonyl (C=O) groups excluding carboxylic acids is 1. The van der Waals surface area contributed by atoms with Gasteiger partial charge in [-0.05, 0) is 36.8 Å². The van der Waals surface area contributed by atoms with E-state index in [1.54, 1.807) is 6.20 Å². The van der Waals surface area contributed by atoms with Crippen LogP contribution in [0.3, 0.4) is 0 Å². The molecule has 1 atom stereocenters. The third kappa shape index (κ3) is 2.20. The Labute approximate surface area is 146 Å². The van der Waals surface area contributed by atoms with Gasteiger partial charge < -0.3 is 9.80 Å². The minimum absolute atomic E-state index is 0.201. The van der Waals surface area contributed by atoms with Gasteiger partial charge in [0.25, 0.3) is 0 Å². The van der Waals surface area contributed by atoms with Crippen LogP contribution in [0.15, 0.2) is 41.7 Å². The highest BCUT2D eigenvalue weighted by molar-refractivity contribution is 7.98. The summed E-state index contributed by atoms with van der Waals surface area (Å²) in [4.78, 5) is 26.0. The van der Waals surface area contributed by atoms with Crippen LogP contribution in [0.5, 0.6) is 0 Å². The number of aromatic nitrogens is 2. The van der Waals surface area contributed by atoms with Crippen LogP contribution in [0.2, 0.25) is 0 Å². The van der Waals surface area contributed by atoms with Crippen LogP contribution in [0.1, 0.15) is 18.4 Å². The van der Waals surface area contributed by atoms with Crippen LogP contribution in [-0.4, -0.2) is 42.3 Å². The zero-order valence-corrected chi connectivity index (χ0v) is 14.7. The maximum absolute atomic E-state index is 13.1. The van der Waals surface area contributed by atoms with Gasteiger partial charge in [0.15, 0.2) is 5.16 Å². The van der Waals surface area contributed by atoms with Crippen molar-refractivity contribution in [3.63, 3.8) is 0 Å². The van der Waals surface area contributed by atoms with Gasteiger partial charge in [-0.25, -0.2) is 9.97 Å². The van der Waals surface area contributed by atoms with Crippen LogP contribution >= 0.6 is 11.8 Å². The number of hydrogen-bond donors (Lipinski definition) is 0. The normalized spacial score (nSPS) is 23.0. The molecule has 1 saturated heterocycles. The van der Waals surface area contributed by atoms with Crippen molar-refractivity contribution in [1.82, 2.24) is 9.97 Å². The van der Waals surface area contributed by atoms with Crippen molar-refractivity contribution >= 4 is 29.2 Å². The van der Waals surface area contributed by atoms with Crippen LogP contribution in [0.4, 0.5) is 11.5 Å². The summed E-state index contributed by atoms with van der Waals surface area (Å²) >= 11 is 1.54. The lowest BCUT2D eigenvalue weighted by atomic mass is 9.75. The first-order valence-corrected chi connectivity index (χ1v) is 9.38. The van der Waals surface area contributed by atoms with Crippen molar-refractivity contribution in [2.24, 2.45) is 0 Å². The Balaban J connectivity index is 1.73. The number of fused-ring (bicyclic) bond motifs is 2. The Morgan fingerprint density at radius 2 is 2.08 bits per heavy atom. The molecule has 124 valence electrons. The van der Waals surface area contributed by atoms with Gasteiger partial charge in [-0.1, -0.05) is 30.0 Å². The topological polar surface area (TPSA) is 49.3 Å². The monoisotopic (exact) mass is 340 g/mol. The van der Waals surface area contributed by atoms with E-state index in [0.717, 1.165) is 41.6 Å². The average molecular weight is 340 g/mol. The molecule has 2 aromatic rings. The molecule has 1 spiro atoms. The number of amides is 1. The molecule has 1 amide bonds. The Bertz CT molecular complexity index is 796. The number of piperidine rings is 1. The molecule has 1 fully saturated rings. The quantitative estimate of drug-likeness (QED) is 0.621. The van der Waals surface area contributed by atoms with Gasteiger partial charge in [0.1, 0.15) is 5.82 Å². The van der Waals surface area contributed by atoms with Gasteiger partial charge in [-0.3, -0.25) is 4.79 Å². The van der Waals surface area contributed by atoms with Crippen LogP contribution in [-0.2, 0) is 10.2 Å². The van der Waals surface area contributed by atoms with Crippen LogP contribution in [0.25, 0.3) is 0 Å². The lowest BCUT2D eigenvalue weighted by Gasteiger charge is -2.40. The number of carbonyl (C=O) groups is 1. The fourth-order valence-electron chi connectivity index (χ4n) is 3.97. The summed E-state index contributed by atoms with van der Waals surface area (Å²) in [5.74, 6) is 1.11. The summed E-state index contributed by atoms with van der Waals surface area (Å²) in [7, 11) is 1.88. The summed E-state index contributed by atoms with van der Waals surface area (Å²) in [6, 6.07) is 10.1. The Hall–Kier alpha value is -2.08. The highest BCUT2D eigenvalue weighted by Crippen LogP contribution is 2.46. The third-order valence-corrected chi connectivity index (χ3v) is 5.67. The standard InChI is InChI=1S/C18H20N4OS/c1-21-14-7-4-3-6-13(14)18(16(21)23)9-5-11-22(12-18)15-8-10-19-17(20-15)24-2/h3-4,6-8,10H,5,9,11-12H2,1-2H3. The Morgan fingerprint density at radius 1 is 1.25 bits per heavy atom. The number of para-hydroxylation sites is 1. The van der Waals surface area contributed by atoms with Crippen LogP contribution in [0, 0.1) is 0 Å². The molecule has 1 aromatic carbocycles. The predicted molar refractivity (Wildman–Crippen MR) is 96.8 cm³/mol. The fraction of sp³-hybridized carbons (Fsp3) is 0.389. The molecule has 1 unspecified atom stereocenters. The van der Waals surface area contributed by atoms with Crippen molar-refractivity contribution in [1.29, 1.82) is 0 Å². The van der Waals surface area contributed by atoms with Crippen molar-refractivity contribution in [3.8, 4) is 0 Å². The first kappa shape index (κ1) is 15.4. The van der Waals surface area contributed by atoms with Gasteiger partial charge in [0.05, 0.1) is 5.41 Å². The zero-order chi connectivity index (χ0) is 16.7. The summed E-state index contributed by atoms with van der Waals surface area (Å²) in [5.41, 5.74) is 1.74. The van der Waals surface area contributed by atoms with E-state index in [1.165, 1.54) is 11.8 Å². The number of rotatable bonds is 2. The smallest absolute Gasteiger partial charge is 0.239 e. The van der Waals surface area contributed by atoms with Gasteiger partial charge >= 0.3 is 0 Å². The molecule has 2 aliphatic rings. The molecule has 1 aromatic heterocycles. The highest BCUT2D eigenvalue weighted by Gasteiger charge is 2.51. The molecular weight excluding hydrogens is 320 g/mol. The van der Waals surface area contributed by atoms with Gasteiger partial charge in [0, 0.05) is 32.0 Å². The molecule has 2 aliphatic heterocycles. The maximum atomic E-state index is 13.1. The lowest BCUT2D eigenvalue weighted by Crippen LogP contribution is -2.51. The second-order valence-electron chi connectivity index (χ2n) is 6.39.